The van der Waals surface area contributed by atoms with E-state index < -0.39 is 0 Å². The van der Waals surface area contributed by atoms with Gasteiger partial charge >= 0.3 is 0 Å². The maximum absolute atomic E-state index is 12.5. The molecule has 0 bridgehead atoms. The number of quaternary nitrogens is 1. The molecule has 27 heavy (non-hydrogen) atoms. The predicted molar refractivity (Wildman–Crippen MR) is 114 cm³/mol. The first kappa shape index (κ1) is 21.3. The quantitative estimate of drug-likeness (QED) is 0.365. The molecule has 6 nitrogen and oxygen atoms in total. The molecule has 0 saturated carbocycles. The highest BCUT2D eigenvalue weighted by Crippen LogP contribution is 2.15. The normalized spacial score (nSPS) is 11.1. The molecule has 0 spiro atoms. The van der Waals surface area contributed by atoms with E-state index in [9.17, 15) is 9.90 Å². The smallest absolute Gasteiger partial charge is 0.253 e. The van der Waals surface area contributed by atoms with Gasteiger partial charge in [-0.15, -0.1) is 0 Å². The lowest BCUT2D eigenvalue weighted by molar-refractivity contribution is -0.858. The van der Waals surface area contributed by atoms with Crippen LogP contribution in [0.5, 0.6) is 0 Å². The topological polar surface area (TPSA) is 72.8 Å². The molecule has 0 aliphatic rings. The highest BCUT2D eigenvalue weighted by Gasteiger charge is 2.13. The molecule has 1 aromatic carbocycles. The van der Waals surface area contributed by atoms with E-state index in [1.165, 1.54) is 10.5 Å². The van der Waals surface area contributed by atoms with E-state index in [0.29, 0.717) is 23.8 Å². The van der Waals surface area contributed by atoms with Crippen LogP contribution in [0, 0.1) is 0 Å². The number of aliphatic hydroxyl groups excluding tert-OH is 1. The van der Waals surface area contributed by atoms with Gasteiger partial charge in [-0.1, -0.05) is 13.0 Å². The van der Waals surface area contributed by atoms with Gasteiger partial charge in [0, 0.05) is 30.6 Å². The number of hydrogen-bond acceptors (Lipinski definition) is 3. The largest absolute Gasteiger partial charge is 0.395 e. The monoisotopic (exact) mass is 391 g/mol. The van der Waals surface area contributed by atoms with Crippen LogP contribution in [0.2, 0.25) is 0 Å². The number of nitrogens with one attached hydrogen (secondary N) is 3. The minimum atomic E-state index is -0.117. The Labute approximate surface area is 166 Å². The number of aromatic amines is 1. The Bertz CT molecular complexity index is 819. The van der Waals surface area contributed by atoms with Gasteiger partial charge in [-0.25, -0.2) is 0 Å². The van der Waals surface area contributed by atoms with Crippen LogP contribution in [-0.2, 0) is 13.0 Å². The summed E-state index contributed by atoms with van der Waals surface area (Å²) in [6, 6.07) is 8.01. The van der Waals surface area contributed by atoms with Crippen molar-refractivity contribution in [3.05, 3.63) is 45.7 Å². The molecule has 1 aromatic heterocycles. The molecule has 0 aliphatic heterocycles. The van der Waals surface area contributed by atoms with Crippen molar-refractivity contribution in [1.29, 1.82) is 0 Å². The van der Waals surface area contributed by atoms with Gasteiger partial charge < -0.3 is 25.2 Å². The van der Waals surface area contributed by atoms with Gasteiger partial charge in [0.25, 0.3) is 5.56 Å². The third-order valence-electron chi connectivity index (χ3n) is 4.54. The van der Waals surface area contributed by atoms with Crippen LogP contribution < -0.4 is 15.8 Å². The number of nitrogens with zero attached hydrogens (tertiary/aromatic N) is 1. The summed E-state index contributed by atoms with van der Waals surface area (Å²) in [4.78, 5) is 18.7. The molecule has 0 unspecified atom stereocenters. The Morgan fingerprint density at radius 2 is 2.11 bits per heavy atom. The molecule has 0 amide bonds. The first-order chi connectivity index (χ1) is 12.9. The van der Waals surface area contributed by atoms with Crippen molar-refractivity contribution in [3.8, 4) is 0 Å². The summed E-state index contributed by atoms with van der Waals surface area (Å²) in [5.74, 6) is 0. The summed E-state index contributed by atoms with van der Waals surface area (Å²) in [6.07, 6.45) is 1.95. The molecule has 4 N–H and O–H groups in total. The van der Waals surface area contributed by atoms with Crippen LogP contribution in [0.3, 0.4) is 0 Å². The molecule has 0 fully saturated rings. The number of hydrogen-bond donors (Lipinski definition) is 4. The van der Waals surface area contributed by atoms with Crippen LogP contribution in [0.1, 0.15) is 24.5 Å². The average Bonchev–Trinajstić information content (AvgIpc) is 2.64. The van der Waals surface area contributed by atoms with Gasteiger partial charge in [-0.2, -0.15) is 0 Å². The Balaban J connectivity index is 2.13. The second kappa shape index (κ2) is 10.4. The lowest BCUT2D eigenvalue weighted by Gasteiger charge is -2.25. The molecule has 2 rings (SSSR count). The molecule has 0 atom stereocenters. The lowest BCUT2D eigenvalue weighted by atomic mass is 10.1. The van der Waals surface area contributed by atoms with E-state index in [-0.39, 0.29) is 12.2 Å². The maximum atomic E-state index is 12.5. The number of aliphatic hydroxyl groups is 1. The summed E-state index contributed by atoms with van der Waals surface area (Å²) in [7, 11) is 4.23. The number of H-pyrrole nitrogens is 1. The zero-order valence-electron chi connectivity index (χ0n) is 16.5. The summed E-state index contributed by atoms with van der Waals surface area (Å²) < 4.78 is 0. The fourth-order valence-corrected chi connectivity index (χ4v) is 3.22. The summed E-state index contributed by atoms with van der Waals surface area (Å²) in [5, 5.41) is 14.2. The second-order valence-corrected chi connectivity index (χ2v) is 7.47. The molecular formula is C20H31N4O2S+. The van der Waals surface area contributed by atoms with Crippen molar-refractivity contribution < 1.29 is 10.0 Å². The Hall–Kier alpha value is -1.96. The van der Waals surface area contributed by atoms with Crippen LogP contribution >= 0.6 is 12.2 Å². The van der Waals surface area contributed by atoms with Crippen LogP contribution in [0.4, 0.5) is 0 Å². The first-order valence-electron chi connectivity index (χ1n) is 9.52. The van der Waals surface area contributed by atoms with Gasteiger partial charge in [-0.3, -0.25) is 4.79 Å². The fraction of sp³-hybridized carbons (Fsp3) is 0.500. The standard InChI is InChI=1S/C20H30N4O2S/c1-4-15-6-7-18-16(12-15)13-17(19(26)22-18)14-24(10-11-25)20(27)21-8-5-9-23(2)3/h6-7,12-13,25H,4-5,8-11,14H2,1-3H3,(H,21,27)(H,22,26)/p+1. The number of aromatic nitrogens is 1. The maximum Gasteiger partial charge on any atom is 0.253 e. The first-order valence-corrected chi connectivity index (χ1v) is 9.93. The zero-order valence-corrected chi connectivity index (χ0v) is 17.3. The number of rotatable bonds is 9. The average molecular weight is 392 g/mol. The van der Waals surface area contributed by atoms with Gasteiger partial charge in [0.15, 0.2) is 5.11 Å². The molecule has 7 heteroatoms. The lowest BCUT2D eigenvalue weighted by Crippen LogP contribution is -3.05. The van der Waals surface area contributed by atoms with E-state index in [4.69, 9.17) is 12.2 Å². The summed E-state index contributed by atoms with van der Waals surface area (Å²) in [5.41, 5.74) is 2.59. The van der Waals surface area contributed by atoms with Crippen molar-refractivity contribution >= 4 is 28.2 Å². The molecule has 0 radical (unpaired) electrons. The van der Waals surface area contributed by atoms with Gasteiger partial charge in [0.2, 0.25) is 0 Å². The number of fused-ring (bicyclic) bond motifs is 1. The molecule has 148 valence electrons. The molecular weight excluding hydrogens is 360 g/mol. The van der Waals surface area contributed by atoms with Crippen LogP contribution in [0.25, 0.3) is 10.9 Å². The Morgan fingerprint density at radius 1 is 1.33 bits per heavy atom. The Morgan fingerprint density at radius 3 is 2.78 bits per heavy atom. The predicted octanol–water partition coefficient (Wildman–Crippen LogP) is 0.294. The van der Waals surface area contributed by atoms with Crippen LogP contribution in [-0.4, -0.2) is 60.4 Å². The third kappa shape index (κ3) is 6.30. The molecule has 1 heterocycles. The summed E-state index contributed by atoms with van der Waals surface area (Å²) >= 11 is 5.48. The number of benzene rings is 1. The molecule has 2 aromatic rings. The number of pyridine rings is 1. The van der Waals surface area contributed by atoms with Gasteiger partial charge in [0.1, 0.15) is 0 Å². The van der Waals surface area contributed by atoms with Crippen molar-refractivity contribution in [2.45, 2.75) is 26.3 Å². The highest BCUT2D eigenvalue weighted by molar-refractivity contribution is 7.80. The SMILES string of the molecule is CCc1ccc2[nH]c(=O)c(CN(CCO)C(=S)NCCC[NH+](C)C)cc2c1. The number of thiocarbonyl (C=S) groups is 1. The molecule has 0 saturated heterocycles. The molecule has 0 aliphatic carbocycles. The van der Waals surface area contributed by atoms with Crippen molar-refractivity contribution in [2.24, 2.45) is 0 Å². The van der Waals surface area contributed by atoms with Gasteiger partial charge in [-0.05, 0) is 47.8 Å². The number of aryl methyl sites for hydroxylation is 1. The van der Waals surface area contributed by atoms with Crippen LogP contribution in [0.15, 0.2) is 29.1 Å². The third-order valence-corrected chi connectivity index (χ3v) is 4.94. The van der Waals surface area contributed by atoms with E-state index in [1.54, 1.807) is 0 Å². The summed E-state index contributed by atoms with van der Waals surface area (Å²) in [6.45, 7) is 4.68. The van der Waals surface area contributed by atoms with Crippen molar-refractivity contribution in [2.75, 3.05) is 40.3 Å². The fourth-order valence-electron chi connectivity index (χ4n) is 2.97. The van der Waals surface area contributed by atoms with Gasteiger partial charge in [0.05, 0.1) is 33.8 Å². The van der Waals surface area contributed by atoms with E-state index in [1.807, 2.05) is 23.1 Å². The minimum Gasteiger partial charge on any atom is -0.395 e. The Kier molecular flexibility index (Phi) is 8.22. The van der Waals surface area contributed by atoms with E-state index in [0.717, 1.165) is 36.8 Å². The minimum absolute atomic E-state index is 0.0187. The van der Waals surface area contributed by atoms with E-state index >= 15 is 0 Å². The second-order valence-electron chi connectivity index (χ2n) is 7.09. The zero-order chi connectivity index (χ0) is 19.8. The highest BCUT2D eigenvalue weighted by atomic mass is 32.1. The van der Waals surface area contributed by atoms with Crippen molar-refractivity contribution in [1.82, 2.24) is 15.2 Å². The van der Waals surface area contributed by atoms with Crippen molar-refractivity contribution in [3.63, 3.8) is 0 Å². The van der Waals surface area contributed by atoms with E-state index in [2.05, 4.69) is 37.4 Å².